The van der Waals surface area contributed by atoms with Crippen LogP contribution in [0.5, 0.6) is 11.5 Å². The molecule has 1 atom stereocenters. The van der Waals surface area contributed by atoms with Gasteiger partial charge in [-0.25, -0.2) is 0 Å². The van der Waals surface area contributed by atoms with E-state index in [1.165, 1.54) is 42.3 Å². The Morgan fingerprint density at radius 2 is 2.00 bits per heavy atom. The van der Waals surface area contributed by atoms with E-state index in [9.17, 15) is 19.5 Å². The molecule has 8 nitrogen and oxygen atoms in total. The van der Waals surface area contributed by atoms with E-state index in [0.29, 0.717) is 12.3 Å². The molecule has 0 aromatic heterocycles. The maximum Gasteiger partial charge on any atom is 0.261 e. The Morgan fingerprint density at radius 1 is 1.21 bits per heavy atom. The summed E-state index contributed by atoms with van der Waals surface area (Å²) in [6.45, 7) is 0.859. The van der Waals surface area contributed by atoms with Gasteiger partial charge in [0.25, 0.3) is 17.7 Å². The van der Waals surface area contributed by atoms with Crippen LogP contribution < -0.4 is 10.1 Å². The molecule has 2 aliphatic heterocycles. The van der Waals surface area contributed by atoms with Crippen molar-refractivity contribution in [2.75, 3.05) is 25.6 Å². The van der Waals surface area contributed by atoms with Gasteiger partial charge in [-0.2, -0.15) is 0 Å². The highest BCUT2D eigenvalue weighted by molar-refractivity contribution is 6.22. The molecule has 0 spiro atoms. The lowest BCUT2D eigenvalue weighted by Gasteiger charge is -2.17. The number of benzene rings is 2. The number of fused-ring (bicyclic) bond motifs is 1. The summed E-state index contributed by atoms with van der Waals surface area (Å²) >= 11 is 0. The Kier molecular flexibility index (Phi) is 4.94. The van der Waals surface area contributed by atoms with Crippen molar-refractivity contribution in [1.82, 2.24) is 4.90 Å². The fourth-order valence-electron chi connectivity index (χ4n) is 3.56. The van der Waals surface area contributed by atoms with Gasteiger partial charge < -0.3 is 19.9 Å². The molecule has 8 heteroatoms. The van der Waals surface area contributed by atoms with Crippen molar-refractivity contribution in [2.24, 2.45) is 0 Å². The number of nitrogens with zero attached hydrogens (tertiary/aromatic N) is 1. The number of hydrogen-bond acceptors (Lipinski definition) is 6. The van der Waals surface area contributed by atoms with Crippen molar-refractivity contribution in [3.05, 3.63) is 53.1 Å². The summed E-state index contributed by atoms with van der Waals surface area (Å²) in [6.07, 6.45) is 1.59. The normalized spacial score (nSPS) is 18.1. The zero-order chi connectivity index (χ0) is 20.5. The van der Waals surface area contributed by atoms with E-state index in [1.54, 1.807) is 6.07 Å². The molecular formula is C21H20N2O6. The molecule has 2 aromatic carbocycles. The lowest BCUT2D eigenvalue weighted by molar-refractivity contribution is 0.0475. The Morgan fingerprint density at radius 3 is 2.69 bits per heavy atom. The smallest absolute Gasteiger partial charge is 0.261 e. The molecule has 0 radical (unpaired) electrons. The number of phenolic OH excluding ortho intramolecular Hbond substituents is 1. The van der Waals surface area contributed by atoms with Gasteiger partial charge in [-0.15, -0.1) is 0 Å². The van der Waals surface area contributed by atoms with Gasteiger partial charge >= 0.3 is 0 Å². The molecule has 1 saturated heterocycles. The maximum absolute atomic E-state index is 12.7. The molecule has 29 heavy (non-hydrogen) atoms. The second-order valence-electron chi connectivity index (χ2n) is 6.96. The van der Waals surface area contributed by atoms with Crippen LogP contribution in [0.25, 0.3) is 0 Å². The number of nitrogens with one attached hydrogen (secondary N) is 1. The standard InChI is InChI=1S/C21H20N2O6/c1-28-18-7-5-13(10-17(18)24)22-19(25)12-4-6-15-16(9-12)21(27)23(20(15)26)11-14-3-2-8-29-14/h4-7,9-10,14,24H,2-3,8,11H2,1H3,(H,22,25)/t14-/m0/s1. The Balaban J connectivity index is 1.52. The van der Waals surface area contributed by atoms with Crippen molar-refractivity contribution in [2.45, 2.75) is 18.9 Å². The summed E-state index contributed by atoms with van der Waals surface area (Å²) in [5.74, 6) is -1.07. The summed E-state index contributed by atoms with van der Waals surface area (Å²) in [4.78, 5) is 39.0. The fourth-order valence-corrected chi connectivity index (χ4v) is 3.56. The molecular weight excluding hydrogens is 376 g/mol. The van der Waals surface area contributed by atoms with Crippen molar-refractivity contribution in [3.8, 4) is 11.5 Å². The van der Waals surface area contributed by atoms with E-state index in [4.69, 9.17) is 9.47 Å². The van der Waals surface area contributed by atoms with Crippen LogP contribution in [-0.4, -0.2) is 54.1 Å². The molecule has 3 amide bonds. The third kappa shape index (κ3) is 3.54. The second-order valence-corrected chi connectivity index (χ2v) is 6.96. The Hall–Kier alpha value is -3.39. The highest BCUT2D eigenvalue weighted by Crippen LogP contribution is 2.29. The first kappa shape index (κ1) is 18.9. The predicted molar refractivity (Wildman–Crippen MR) is 103 cm³/mol. The molecule has 0 bridgehead atoms. The monoisotopic (exact) mass is 396 g/mol. The molecule has 1 fully saturated rings. The van der Waals surface area contributed by atoms with Crippen LogP contribution in [0, 0.1) is 0 Å². The Bertz CT molecular complexity index is 997. The van der Waals surface area contributed by atoms with Crippen molar-refractivity contribution in [1.29, 1.82) is 0 Å². The largest absolute Gasteiger partial charge is 0.504 e. The van der Waals surface area contributed by atoms with E-state index in [2.05, 4.69) is 5.32 Å². The van der Waals surface area contributed by atoms with Crippen LogP contribution in [0.1, 0.15) is 43.9 Å². The molecule has 2 aliphatic rings. The topological polar surface area (TPSA) is 105 Å². The van der Waals surface area contributed by atoms with E-state index in [1.807, 2.05) is 0 Å². The number of hydrogen-bond donors (Lipinski definition) is 2. The van der Waals surface area contributed by atoms with Crippen molar-refractivity contribution >= 4 is 23.4 Å². The second kappa shape index (κ2) is 7.56. The van der Waals surface area contributed by atoms with Crippen molar-refractivity contribution < 1.29 is 29.0 Å². The number of methoxy groups -OCH3 is 1. The van der Waals surface area contributed by atoms with Crippen LogP contribution in [0.3, 0.4) is 0 Å². The first-order valence-corrected chi connectivity index (χ1v) is 9.28. The third-order valence-electron chi connectivity index (χ3n) is 5.08. The first-order valence-electron chi connectivity index (χ1n) is 9.28. The van der Waals surface area contributed by atoms with Crippen LogP contribution in [0.4, 0.5) is 5.69 Å². The summed E-state index contributed by atoms with van der Waals surface area (Å²) in [7, 11) is 1.43. The number of amides is 3. The van der Waals surface area contributed by atoms with Gasteiger partial charge in [-0.05, 0) is 43.2 Å². The molecule has 2 N–H and O–H groups in total. The number of aromatic hydroxyl groups is 1. The van der Waals surface area contributed by atoms with Gasteiger partial charge in [-0.3, -0.25) is 19.3 Å². The molecule has 150 valence electrons. The lowest BCUT2D eigenvalue weighted by Crippen LogP contribution is -2.36. The van der Waals surface area contributed by atoms with E-state index < -0.39 is 11.8 Å². The van der Waals surface area contributed by atoms with Crippen LogP contribution in [-0.2, 0) is 4.74 Å². The number of rotatable bonds is 5. The summed E-state index contributed by atoms with van der Waals surface area (Å²) < 4.78 is 10.5. The fraction of sp³-hybridized carbons (Fsp3) is 0.286. The number of carbonyl (C=O) groups is 3. The zero-order valence-electron chi connectivity index (χ0n) is 15.8. The minimum absolute atomic E-state index is 0.107. The van der Waals surface area contributed by atoms with E-state index >= 15 is 0 Å². The zero-order valence-corrected chi connectivity index (χ0v) is 15.8. The van der Waals surface area contributed by atoms with Crippen LogP contribution >= 0.6 is 0 Å². The quantitative estimate of drug-likeness (QED) is 0.752. The molecule has 0 saturated carbocycles. The van der Waals surface area contributed by atoms with Gasteiger partial charge in [0.05, 0.1) is 30.9 Å². The van der Waals surface area contributed by atoms with Gasteiger partial charge in [0.2, 0.25) is 0 Å². The van der Waals surface area contributed by atoms with Gasteiger partial charge in [0.1, 0.15) is 0 Å². The molecule has 2 heterocycles. The predicted octanol–water partition coefficient (Wildman–Crippen LogP) is 2.43. The SMILES string of the molecule is COc1ccc(NC(=O)c2ccc3c(c2)C(=O)N(C[C@@H]2CCCO2)C3=O)cc1O. The van der Waals surface area contributed by atoms with E-state index in [-0.39, 0.29) is 46.7 Å². The first-order chi connectivity index (χ1) is 14.0. The molecule has 0 aliphatic carbocycles. The Labute approximate surface area is 167 Å². The van der Waals surface area contributed by atoms with Crippen molar-refractivity contribution in [3.63, 3.8) is 0 Å². The number of anilines is 1. The van der Waals surface area contributed by atoms with E-state index in [0.717, 1.165) is 12.8 Å². The minimum atomic E-state index is -0.463. The number of ether oxygens (including phenoxy) is 2. The van der Waals surface area contributed by atoms with Gasteiger partial charge in [0, 0.05) is 23.9 Å². The molecule has 2 aromatic rings. The molecule has 0 unspecified atom stereocenters. The number of imide groups is 1. The number of phenols is 1. The van der Waals surface area contributed by atoms with Crippen LogP contribution in [0.15, 0.2) is 36.4 Å². The average molecular weight is 396 g/mol. The third-order valence-corrected chi connectivity index (χ3v) is 5.08. The lowest BCUT2D eigenvalue weighted by atomic mass is 10.1. The van der Waals surface area contributed by atoms with Crippen LogP contribution in [0.2, 0.25) is 0 Å². The van der Waals surface area contributed by atoms with Gasteiger partial charge in [-0.1, -0.05) is 0 Å². The maximum atomic E-state index is 12.7. The summed E-state index contributed by atoms with van der Waals surface area (Å²) in [6, 6.07) is 8.89. The number of carbonyl (C=O) groups excluding carboxylic acids is 3. The highest BCUT2D eigenvalue weighted by atomic mass is 16.5. The molecule has 4 rings (SSSR count). The highest BCUT2D eigenvalue weighted by Gasteiger charge is 2.37. The van der Waals surface area contributed by atoms with Gasteiger partial charge in [0.15, 0.2) is 11.5 Å². The summed E-state index contributed by atoms with van der Waals surface area (Å²) in [5.41, 5.74) is 1.10. The average Bonchev–Trinajstić information content (AvgIpc) is 3.31. The summed E-state index contributed by atoms with van der Waals surface area (Å²) in [5, 5.41) is 12.5. The minimum Gasteiger partial charge on any atom is -0.504 e.